The number of halogens is 11. The number of hydrogen-bond donors (Lipinski definition) is 0. The van der Waals surface area contributed by atoms with E-state index >= 15 is 0 Å². The van der Waals surface area contributed by atoms with Gasteiger partial charge in [0.25, 0.3) is 0 Å². The molecular formula is C8H7F11O. The number of rotatable bonds is 7. The molecule has 0 fully saturated rings. The van der Waals surface area contributed by atoms with E-state index < -0.39 is 43.1 Å². The Kier molecular flexibility index (Phi) is 5.30. The van der Waals surface area contributed by atoms with E-state index in [4.69, 9.17) is 0 Å². The Bertz CT molecular complexity index is 324. The first-order valence-electron chi connectivity index (χ1n) is 4.67. The SMILES string of the molecule is CC(F)C(F)(F)C(F)(F)C(F)(F)COC(F)(F)C(F)F. The summed E-state index contributed by atoms with van der Waals surface area (Å²) in [6, 6.07) is 0. The molecule has 0 aliphatic heterocycles. The fourth-order valence-corrected chi connectivity index (χ4v) is 0.834. The van der Waals surface area contributed by atoms with Gasteiger partial charge in [-0.05, 0) is 6.92 Å². The van der Waals surface area contributed by atoms with Crippen LogP contribution in [0.2, 0.25) is 0 Å². The first-order chi connectivity index (χ1) is 8.59. The van der Waals surface area contributed by atoms with E-state index in [0.29, 0.717) is 0 Å². The van der Waals surface area contributed by atoms with Gasteiger partial charge in [0, 0.05) is 0 Å². The topological polar surface area (TPSA) is 9.23 Å². The molecule has 12 heteroatoms. The zero-order valence-electron chi connectivity index (χ0n) is 9.43. The molecule has 1 nitrogen and oxygen atoms in total. The third-order valence-electron chi connectivity index (χ3n) is 2.08. The van der Waals surface area contributed by atoms with Gasteiger partial charge in [0.05, 0.1) is 0 Å². The lowest BCUT2D eigenvalue weighted by atomic mass is 10.0. The van der Waals surface area contributed by atoms with Gasteiger partial charge in [-0.25, -0.2) is 13.2 Å². The molecule has 0 rings (SSSR count). The Morgan fingerprint density at radius 1 is 0.850 bits per heavy atom. The summed E-state index contributed by atoms with van der Waals surface area (Å²) in [5.41, 5.74) is 0. The minimum Gasteiger partial charge on any atom is -0.309 e. The van der Waals surface area contributed by atoms with Gasteiger partial charge >= 0.3 is 30.3 Å². The van der Waals surface area contributed by atoms with Crippen molar-refractivity contribution in [2.24, 2.45) is 0 Å². The Balaban J connectivity index is 5.14. The van der Waals surface area contributed by atoms with Crippen molar-refractivity contribution in [2.75, 3.05) is 6.61 Å². The zero-order valence-corrected chi connectivity index (χ0v) is 9.43. The monoisotopic (exact) mass is 328 g/mol. The van der Waals surface area contributed by atoms with Crippen LogP contribution in [0.1, 0.15) is 6.92 Å². The lowest BCUT2D eigenvalue weighted by molar-refractivity contribution is -0.366. The highest BCUT2D eigenvalue weighted by atomic mass is 19.4. The van der Waals surface area contributed by atoms with Crippen LogP contribution in [0.4, 0.5) is 48.3 Å². The second-order valence-corrected chi connectivity index (χ2v) is 3.67. The first-order valence-corrected chi connectivity index (χ1v) is 4.67. The van der Waals surface area contributed by atoms with Crippen LogP contribution in [0.15, 0.2) is 0 Å². The summed E-state index contributed by atoms with van der Waals surface area (Å²) in [7, 11) is 0. The first kappa shape index (κ1) is 19.2. The molecule has 0 radical (unpaired) electrons. The van der Waals surface area contributed by atoms with Crippen LogP contribution >= 0.6 is 0 Å². The van der Waals surface area contributed by atoms with Crippen molar-refractivity contribution in [2.45, 2.75) is 43.4 Å². The molecule has 0 aliphatic carbocycles. The van der Waals surface area contributed by atoms with Gasteiger partial charge in [0.1, 0.15) is 6.61 Å². The largest absolute Gasteiger partial charge is 0.416 e. The summed E-state index contributed by atoms with van der Waals surface area (Å²) in [6.07, 6.45) is -13.9. The Labute approximate surface area is 104 Å². The van der Waals surface area contributed by atoms with Crippen LogP contribution in [0.3, 0.4) is 0 Å². The normalized spacial score (nSPS) is 16.6. The van der Waals surface area contributed by atoms with Gasteiger partial charge < -0.3 is 4.74 Å². The van der Waals surface area contributed by atoms with Gasteiger partial charge in [-0.3, -0.25) is 0 Å². The number of hydrogen-bond acceptors (Lipinski definition) is 1. The van der Waals surface area contributed by atoms with Crippen molar-refractivity contribution in [1.29, 1.82) is 0 Å². The average Bonchev–Trinajstić information content (AvgIpc) is 2.25. The van der Waals surface area contributed by atoms with E-state index in [9.17, 15) is 48.3 Å². The molecule has 122 valence electrons. The van der Waals surface area contributed by atoms with Gasteiger partial charge in [-0.15, -0.1) is 0 Å². The molecule has 0 spiro atoms. The molecule has 1 atom stereocenters. The van der Waals surface area contributed by atoms with Crippen molar-refractivity contribution in [3.63, 3.8) is 0 Å². The highest BCUT2D eigenvalue weighted by molar-refractivity contribution is 4.99. The van der Waals surface area contributed by atoms with E-state index in [1.54, 1.807) is 0 Å². The van der Waals surface area contributed by atoms with E-state index in [-0.39, 0.29) is 6.92 Å². The maximum atomic E-state index is 12.8. The Morgan fingerprint density at radius 3 is 1.55 bits per heavy atom. The van der Waals surface area contributed by atoms with Crippen LogP contribution in [-0.4, -0.2) is 43.1 Å². The minimum absolute atomic E-state index is 0.168. The third-order valence-corrected chi connectivity index (χ3v) is 2.08. The van der Waals surface area contributed by atoms with Crippen molar-refractivity contribution >= 4 is 0 Å². The molecular weight excluding hydrogens is 321 g/mol. The van der Waals surface area contributed by atoms with Crippen molar-refractivity contribution < 1.29 is 53.0 Å². The van der Waals surface area contributed by atoms with Crippen molar-refractivity contribution in [3.05, 3.63) is 0 Å². The molecule has 0 heterocycles. The van der Waals surface area contributed by atoms with E-state index in [0.717, 1.165) is 0 Å². The van der Waals surface area contributed by atoms with E-state index in [1.165, 1.54) is 0 Å². The molecule has 0 saturated heterocycles. The molecule has 1 unspecified atom stereocenters. The molecule has 0 N–H and O–H groups in total. The predicted molar refractivity (Wildman–Crippen MR) is 42.3 cm³/mol. The van der Waals surface area contributed by atoms with Gasteiger partial charge in [0.2, 0.25) is 0 Å². The standard InChI is InChI=1S/C8H7F11O/c1-3(9)6(14,15)8(18,19)5(12,13)2-20-7(16,17)4(10)11/h3-4H,2H2,1H3. The summed E-state index contributed by atoms with van der Waals surface area (Å²) in [6.45, 7) is -3.32. The second kappa shape index (κ2) is 5.53. The highest BCUT2D eigenvalue weighted by Gasteiger charge is 2.74. The second-order valence-electron chi connectivity index (χ2n) is 3.67. The van der Waals surface area contributed by atoms with Gasteiger partial charge in [0.15, 0.2) is 6.17 Å². The summed E-state index contributed by atoms with van der Waals surface area (Å²) < 4.78 is 138. The molecule has 0 bridgehead atoms. The van der Waals surface area contributed by atoms with Gasteiger partial charge in [-0.2, -0.15) is 35.1 Å². The third kappa shape index (κ3) is 3.44. The molecule has 0 aromatic carbocycles. The van der Waals surface area contributed by atoms with Crippen LogP contribution in [0.5, 0.6) is 0 Å². The Hall–Kier alpha value is -0.810. The lowest BCUT2D eigenvalue weighted by Crippen LogP contribution is -2.60. The molecule has 0 aromatic rings. The zero-order chi connectivity index (χ0) is 16.6. The Morgan fingerprint density at radius 2 is 1.25 bits per heavy atom. The van der Waals surface area contributed by atoms with Crippen molar-refractivity contribution in [1.82, 2.24) is 0 Å². The fourth-order valence-electron chi connectivity index (χ4n) is 0.834. The fraction of sp³-hybridized carbons (Fsp3) is 1.00. The van der Waals surface area contributed by atoms with Crippen molar-refractivity contribution in [3.8, 4) is 0 Å². The summed E-state index contributed by atoms with van der Waals surface area (Å²) in [4.78, 5) is 0. The molecule has 0 amide bonds. The predicted octanol–water partition coefficient (Wildman–Crippen LogP) is 4.12. The molecule has 20 heavy (non-hydrogen) atoms. The maximum absolute atomic E-state index is 12.8. The maximum Gasteiger partial charge on any atom is 0.416 e. The van der Waals surface area contributed by atoms with E-state index in [2.05, 4.69) is 4.74 Å². The minimum atomic E-state index is -6.42. The molecule has 0 aliphatic rings. The summed E-state index contributed by atoms with van der Waals surface area (Å²) in [5, 5.41) is 0. The van der Waals surface area contributed by atoms with Crippen LogP contribution in [-0.2, 0) is 4.74 Å². The lowest BCUT2D eigenvalue weighted by Gasteiger charge is -2.33. The molecule has 0 saturated carbocycles. The summed E-state index contributed by atoms with van der Waals surface area (Å²) in [5.74, 6) is -18.3. The smallest absolute Gasteiger partial charge is 0.309 e. The van der Waals surface area contributed by atoms with Crippen LogP contribution in [0, 0.1) is 0 Å². The van der Waals surface area contributed by atoms with Gasteiger partial charge in [-0.1, -0.05) is 0 Å². The average molecular weight is 328 g/mol. The highest BCUT2D eigenvalue weighted by Crippen LogP contribution is 2.48. The summed E-state index contributed by atoms with van der Waals surface area (Å²) >= 11 is 0. The van der Waals surface area contributed by atoms with Crippen LogP contribution in [0.25, 0.3) is 0 Å². The van der Waals surface area contributed by atoms with Crippen LogP contribution < -0.4 is 0 Å². The van der Waals surface area contributed by atoms with E-state index in [1.807, 2.05) is 0 Å². The number of alkyl halides is 11. The molecule has 0 aromatic heterocycles. The quantitative estimate of drug-likeness (QED) is 0.639. The number of ether oxygens (including phenoxy) is 1.